The molecule has 4 rings (SSSR count). The zero-order chi connectivity index (χ0) is 18.8. The third kappa shape index (κ3) is 3.61. The number of nitrogens with one attached hydrogen (secondary N) is 2. The summed E-state index contributed by atoms with van der Waals surface area (Å²) in [5, 5.41) is 6.40. The van der Waals surface area contributed by atoms with Crippen LogP contribution in [0.4, 0.5) is 10.8 Å². The minimum absolute atomic E-state index is 0.203. The van der Waals surface area contributed by atoms with Crippen LogP contribution in [0.3, 0.4) is 0 Å². The van der Waals surface area contributed by atoms with Gasteiger partial charge in [-0.05, 0) is 56.0 Å². The van der Waals surface area contributed by atoms with Crippen LogP contribution in [-0.2, 0) is 12.8 Å². The van der Waals surface area contributed by atoms with Gasteiger partial charge in [0, 0.05) is 16.6 Å². The molecule has 0 aliphatic heterocycles. The van der Waals surface area contributed by atoms with Crippen molar-refractivity contribution in [1.29, 1.82) is 0 Å². The van der Waals surface area contributed by atoms with E-state index in [-0.39, 0.29) is 11.8 Å². The van der Waals surface area contributed by atoms with Crippen molar-refractivity contribution in [2.45, 2.75) is 26.2 Å². The van der Waals surface area contributed by atoms with Crippen molar-refractivity contribution in [2.24, 2.45) is 0 Å². The first-order valence-electron chi connectivity index (χ1n) is 8.87. The molecule has 0 fully saturated rings. The topological polar surface area (TPSA) is 71.1 Å². The highest BCUT2D eigenvalue weighted by Gasteiger charge is 2.27. The van der Waals surface area contributed by atoms with Gasteiger partial charge < -0.3 is 10.6 Å². The Morgan fingerprint density at radius 2 is 1.93 bits per heavy atom. The number of carbonyl (C=O) groups excluding carboxylic acids is 2. The summed E-state index contributed by atoms with van der Waals surface area (Å²) in [6.45, 7) is 1.95. The minimum atomic E-state index is -0.229. The summed E-state index contributed by atoms with van der Waals surface area (Å²) in [6.07, 6.45) is 4.48. The lowest BCUT2D eigenvalue weighted by atomic mass is 10.1. The molecule has 0 unspecified atom stereocenters. The van der Waals surface area contributed by atoms with Crippen molar-refractivity contribution in [1.82, 2.24) is 4.98 Å². The Labute approximate surface area is 161 Å². The lowest BCUT2D eigenvalue weighted by Gasteiger charge is -2.09. The van der Waals surface area contributed by atoms with Gasteiger partial charge in [-0.3, -0.25) is 9.59 Å². The number of carbonyl (C=O) groups is 2. The average molecular weight is 377 g/mol. The summed E-state index contributed by atoms with van der Waals surface area (Å²) in [4.78, 5) is 30.9. The second-order valence-electron chi connectivity index (χ2n) is 6.55. The lowest BCUT2D eigenvalue weighted by Crippen LogP contribution is -2.18. The number of aryl methyl sites for hydroxylation is 2. The van der Waals surface area contributed by atoms with E-state index in [1.165, 1.54) is 16.2 Å². The molecule has 1 aliphatic rings. The van der Waals surface area contributed by atoms with Gasteiger partial charge in [-0.15, -0.1) is 11.3 Å². The smallest absolute Gasteiger partial charge is 0.260 e. The molecule has 2 amide bonds. The third-order valence-electron chi connectivity index (χ3n) is 4.56. The van der Waals surface area contributed by atoms with Crippen LogP contribution < -0.4 is 10.6 Å². The Hall–Kier alpha value is -2.99. The number of aromatic nitrogens is 1. The summed E-state index contributed by atoms with van der Waals surface area (Å²) >= 11 is 1.50. The van der Waals surface area contributed by atoms with Gasteiger partial charge in [0.1, 0.15) is 10.8 Å². The summed E-state index contributed by atoms with van der Waals surface area (Å²) in [7, 11) is 0. The molecule has 0 atom stereocenters. The minimum Gasteiger partial charge on any atom is -0.313 e. The Kier molecular flexibility index (Phi) is 4.73. The summed E-state index contributed by atoms with van der Waals surface area (Å²) in [6, 6.07) is 12.8. The number of anilines is 2. The predicted molar refractivity (Wildman–Crippen MR) is 108 cm³/mol. The van der Waals surface area contributed by atoms with E-state index in [1.807, 2.05) is 31.2 Å². The van der Waals surface area contributed by atoms with Crippen LogP contribution in [-0.4, -0.2) is 16.8 Å². The highest BCUT2D eigenvalue weighted by atomic mass is 32.1. The summed E-state index contributed by atoms with van der Waals surface area (Å²) in [5.41, 5.74) is 3.22. The van der Waals surface area contributed by atoms with Gasteiger partial charge in [0.25, 0.3) is 11.8 Å². The molecule has 136 valence electrons. The number of amides is 2. The Bertz CT molecular complexity index is 1010. The van der Waals surface area contributed by atoms with Gasteiger partial charge in [0.2, 0.25) is 0 Å². The molecule has 6 heteroatoms. The highest BCUT2D eigenvalue weighted by Crippen LogP contribution is 2.39. The van der Waals surface area contributed by atoms with Gasteiger partial charge >= 0.3 is 0 Å². The normalized spacial score (nSPS) is 12.5. The molecule has 5 nitrogen and oxygen atoms in total. The van der Waals surface area contributed by atoms with Crippen molar-refractivity contribution < 1.29 is 9.59 Å². The van der Waals surface area contributed by atoms with Gasteiger partial charge in [0.05, 0.1) is 5.56 Å². The Morgan fingerprint density at radius 1 is 1.04 bits per heavy atom. The molecule has 0 saturated heterocycles. The van der Waals surface area contributed by atoms with Gasteiger partial charge in [-0.1, -0.05) is 23.8 Å². The molecule has 2 N–H and O–H groups in total. The number of hydrogen-bond acceptors (Lipinski definition) is 4. The van der Waals surface area contributed by atoms with Crippen LogP contribution in [0, 0.1) is 6.92 Å². The van der Waals surface area contributed by atoms with E-state index in [0.29, 0.717) is 21.9 Å². The predicted octanol–water partition coefficient (Wildman–Crippen LogP) is 4.44. The van der Waals surface area contributed by atoms with Gasteiger partial charge in [0.15, 0.2) is 0 Å². The molecular formula is C21H19N3O2S. The first-order valence-corrected chi connectivity index (χ1v) is 9.68. The molecular weight excluding hydrogens is 358 g/mol. The highest BCUT2D eigenvalue weighted by molar-refractivity contribution is 7.17. The van der Waals surface area contributed by atoms with Crippen molar-refractivity contribution in [3.63, 3.8) is 0 Å². The van der Waals surface area contributed by atoms with Crippen LogP contribution in [0.15, 0.2) is 48.7 Å². The molecule has 0 radical (unpaired) electrons. The van der Waals surface area contributed by atoms with Crippen molar-refractivity contribution in [2.75, 3.05) is 10.6 Å². The third-order valence-corrected chi connectivity index (χ3v) is 5.77. The molecule has 2 aromatic heterocycles. The number of hydrogen-bond donors (Lipinski definition) is 2. The van der Waals surface area contributed by atoms with E-state index in [2.05, 4.69) is 15.6 Å². The second-order valence-corrected chi connectivity index (χ2v) is 7.66. The van der Waals surface area contributed by atoms with Crippen molar-refractivity contribution in [3.05, 3.63) is 75.8 Å². The van der Waals surface area contributed by atoms with Crippen LogP contribution in [0.5, 0.6) is 0 Å². The lowest BCUT2D eigenvalue weighted by molar-refractivity contribution is 0.102. The molecule has 0 bridgehead atoms. The Balaban J connectivity index is 1.63. The fourth-order valence-corrected chi connectivity index (χ4v) is 4.59. The number of fused-ring (bicyclic) bond motifs is 1. The van der Waals surface area contributed by atoms with Crippen molar-refractivity contribution >= 4 is 34.0 Å². The van der Waals surface area contributed by atoms with Gasteiger partial charge in [-0.2, -0.15) is 0 Å². The molecule has 0 spiro atoms. The number of benzene rings is 1. The largest absolute Gasteiger partial charge is 0.313 e. The maximum absolute atomic E-state index is 12.9. The van der Waals surface area contributed by atoms with Crippen LogP contribution >= 0.6 is 11.3 Å². The zero-order valence-corrected chi connectivity index (χ0v) is 15.7. The van der Waals surface area contributed by atoms with E-state index >= 15 is 0 Å². The quantitative estimate of drug-likeness (QED) is 0.706. The molecule has 2 heterocycles. The number of pyridine rings is 1. The van der Waals surface area contributed by atoms with Gasteiger partial charge in [-0.25, -0.2) is 4.98 Å². The second kappa shape index (κ2) is 7.32. The maximum Gasteiger partial charge on any atom is 0.260 e. The SMILES string of the molecule is Cc1cccc(C(=O)Nc2sc3c(c2C(=O)Nc2ccccn2)CCC3)c1. The molecule has 1 aliphatic carbocycles. The zero-order valence-electron chi connectivity index (χ0n) is 14.9. The average Bonchev–Trinajstić information content (AvgIpc) is 3.23. The fraction of sp³-hybridized carbons (Fsp3) is 0.190. The molecule has 27 heavy (non-hydrogen) atoms. The van der Waals surface area contributed by atoms with Crippen molar-refractivity contribution in [3.8, 4) is 0 Å². The maximum atomic E-state index is 12.9. The molecule has 0 saturated carbocycles. The molecule has 1 aromatic carbocycles. The molecule has 3 aromatic rings. The van der Waals surface area contributed by atoms with E-state index in [1.54, 1.807) is 24.4 Å². The number of nitrogens with zero attached hydrogens (tertiary/aromatic N) is 1. The van der Waals surface area contributed by atoms with E-state index in [9.17, 15) is 9.59 Å². The number of thiophene rings is 1. The van der Waals surface area contributed by atoms with Crippen LogP contribution in [0.2, 0.25) is 0 Å². The van der Waals surface area contributed by atoms with E-state index in [4.69, 9.17) is 0 Å². The summed E-state index contributed by atoms with van der Waals surface area (Å²) in [5.74, 6) is 0.0644. The summed E-state index contributed by atoms with van der Waals surface area (Å²) < 4.78 is 0. The van der Waals surface area contributed by atoms with Crippen LogP contribution in [0.25, 0.3) is 0 Å². The van der Waals surface area contributed by atoms with E-state index in [0.717, 1.165) is 30.4 Å². The monoisotopic (exact) mass is 377 g/mol. The fourth-order valence-electron chi connectivity index (χ4n) is 3.31. The first kappa shape index (κ1) is 17.4. The standard InChI is InChI=1S/C21H19N3O2S/c1-13-6-4-7-14(12-13)19(25)24-21-18(15-8-5-9-16(15)27-21)20(26)23-17-10-2-3-11-22-17/h2-4,6-7,10-12H,5,8-9H2,1H3,(H,24,25)(H,22,23,26). The first-order chi connectivity index (χ1) is 13.1. The van der Waals surface area contributed by atoms with E-state index < -0.39 is 0 Å². The van der Waals surface area contributed by atoms with Crippen LogP contribution in [0.1, 0.15) is 43.1 Å². The number of rotatable bonds is 4. The Morgan fingerprint density at radius 3 is 2.70 bits per heavy atom.